The van der Waals surface area contributed by atoms with Gasteiger partial charge in [-0.25, -0.2) is 9.69 Å². The van der Waals surface area contributed by atoms with Crippen molar-refractivity contribution in [2.75, 3.05) is 9.80 Å². The first-order valence-corrected chi connectivity index (χ1v) is 11.0. The van der Waals surface area contributed by atoms with Gasteiger partial charge in [-0.1, -0.05) is 51.3 Å². The van der Waals surface area contributed by atoms with Crippen LogP contribution < -0.4 is 9.80 Å². The van der Waals surface area contributed by atoms with E-state index in [1.54, 1.807) is 0 Å². The van der Waals surface area contributed by atoms with E-state index in [0.717, 1.165) is 27.1 Å². The number of carbonyl (C=O) groups is 1. The fourth-order valence-electron chi connectivity index (χ4n) is 3.55. The zero-order valence-corrected chi connectivity index (χ0v) is 19.5. The third-order valence-corrected chi connectivity index (χ3v) is 5.76. The molecule has 4 nitrogen and oxygen atoms in total. The lowest BCUT2D eigenvalue weighted by Crippen LogP contribution is -2.23. The summed E-state index contributed by atoms with van der Waals surface area (Å²) >= 11 is 3.50. The average molecular weight is 487 g/mol. The molecule has 0 aromatic heterocycles. The second-order valence-electron chi connectivity index (χ2n) is 7.62. The third kappa shape index (κ3) is 4.68. The standard InChI is InChI=1S/C27H23BrN2O2/c1-19-3-9-22(10-4-19)29(23-13-7-21(28)8-14-23)24-15-17-26(18-16-24)30(27(31)32)25-11-5-20(2)6-12-25/h3-18H,1-2H3,(H,31,32). The molecule has 5 heteroatoms. The van der Waals surface area contributed by atoms with E-state index in [1.165, 1.54) is 10.5 Å². The SMILES string of the molecule is Cc1ccc(N(C(=O)O)c2ccc(N(c3ccc(C)cc3)c3ccc(Br)cc3)cc2)cc1. The third-order valence-electron chi connectivity index (χ3n) is 5.23. The van der Waals surface area contributed by atoms with E-state index in [1.807, 2.05) is 79.7 Å². The maximum atomic E-state index is 12.0. The van der Waals surface area contributed by atoms with Crippen LogP contribution in [0, 0.1) is 13.8 Å². The molecule has 0 radical (unpaired) electrons. The van der Waals surface area contributed by atoms with Crippen LogP contribution in [0.25, 0.3) is 0 Å². The van der Waals surface area contributed by atoms with Crippen molar-refractivity contribution in [3.63, 3.8) is 0 Å². The lowest BCUT2D eigenvalue weighted by atomic mass is 10.1. The molecule has 160 valence electrons. The van der Waals surface area contributed by atoms with Crippen LogP contribution in [0.4, 0.5) is 33.2 Å². The molecule has 1 N–H and O–H groups in total. The Bertz CT molecular complexity index is 1160. The number of halogens is 1. The Hall–Kier alpha value is -3.57. The number of nitrogens with zero attached hydrogens (tertiary/aromatic N) is 2. The highest BCUT2D eigenvalue weighted by molar-refractivity contribution is 9.10. The van der Waals surface area contributed by atoms with Gasteiger partial charge >= 0.3 is 6.09 Å². The van der Waals surface area contributed by atoms with Crippen molar-refractivity contribution >= 4 is 50.5 Å². The van der Waals surface area contributed by atoms with Crippen LogP contribution in [-0.4, -0.2) is 11.2 Å². The molecule has 4 rings (SSSR count). The first-order valence-electron chi connectivity index (χ1n) is 10.2. The second-order valence-corrected chi connectivity index (χ2v) is 8.53. The predicted molar refractivity (Wildman–Crippen MR) is 135 cm³/mol. The summed E-state index contributed by atoms with van der Waals surface area (Å²) in [6, 6.07) is 31.5. The Labute approximate surface area is 196 Å². The fourth-order valence-corrected chi connectivity index (χ4v) is 3.81. The molecule has 0 fully saturated rings. The van der Waals surface area contributed by atoms with Crippen molar-refractivity contribution in [2.45, 2.75) is 13.8 Å². The van der Waals surface area contributed by atoms with E-state index in [2.05, 4.69) is 52.0 Å². The molecule has 0 spiro atoms. The largest absolute Gasteiger partial charge is 0.464 e. The molecule has 0 heterocycles. The smallest absolute Gasteiger partial charge is 0.416 e. The minimum Gasteiger partial charge on any atom is -0.464 e. The van der Waals surface area contributed by atoms with E-state index in [0.29, 0.717) is 11.4 Å². The molecule has 0 aliphatic carbocycles. The molecule has 0 aliphatic rings. The average Bonchev–Trinajstić information content (AvgIpc) is 2.79. The predicted octanol–water partition coefficient (Wildman–Crippen LogP) is 8.35. The van der Waals surface area contributed by atoms with Crippen LogP contribution >= 0.6 is 15.9 Å². The van der Waals surface area contributed by atoms with Gasteiger partial charge in [-0.15, -0.1) is 0 Å². The monoisotopic (exact) mass is 486 g/mol. The maximum absolute atomic E-state index is 12.0. The van der Waals surface area contributed by atoms with Gasteiger partial charge in [0.25, 0.3) is 0 Å². The zero-order valence-electron chi connectivity index (χ0n) is 17.9. The first-order chi connectivity index (χ1) is 15.4. The summed E-state index contributed by atoms with van der Waals surface area (Å²) < 4.78 is 1.01. The zero-order chi connectivity index (χ0) is 22.7. The molecule has 0 aliphatic heterocycles. The van der Waals surface area contributed by atoms with Crippen LogP contribution in [-0.2, 0) is 0 Å². The van der Waals surface area contributed by atoms with Gasteiger partial charge in [0.15, 0.2) is 0 Å². The van der Waals surface area contributed by atoms with E-state index >= 15 is 0 Å². The molecule has 32 heavy (non-hydrogen) atoms. The summed E-state index contributed by atoms with van der Waals surface area (Å²) in [5.41, 5.74) is 6.45. The molecule has 4 aromatic rings. The highest BCUT2D eigenvalue weighted by atomic mass is 79.9. The van der Waals surface area contributed by atoms with Crippen LogP contribution in [0.3, 0.4) is 0 Å². The van der Waals surface area contributed by atoms with Gasteiger partial charge in [0.1, 0.15) is 0 Å². The van der Waals surface area contributed by atoms with Crippen molar-refractivity contribution in [2.24, 2.45) is 0 Å². The molecule has 0 unspecified atom stereocenters. The van der Waals surface area contributed by atoms with Gasteiger partial charge < -0.3 is 10.0 Å². The molecule has 0 bridgehead atoms. The Balaban J connectivity index is 1.74. The molecule has 4 aromatic carbocycles. The molecule has 0 atom stereocenters. The van der Waals surface area contributed by atoms with Gasteiger partial charge in [0.05, 0.1) is 11.4 Å². The molecule has 0 saturated heterocycles. The molecular formula is C27H23BrN2O2. The number of amides is 1. The Morgan fingerprint density at radius 2 is 0.906 bits per heavy atom. The van der Waals surface area contributed by atoms with Crippen molar-refractivity contribution < 1.29 is 9.90 Å². The van der Waals surface area contributed by atoms with Gasteiger partial charge in [0, 0.05) is 21.5 Å². The number of aryl methyl sites for hydroxylation is 2. The van der Waals surface area contributed by atoms with Crippen molar-refractivity contribution in [3.8, 4) is 0 Å². The summed E-state index contributed by atoms with van der Waals surface area (Å²) in [7, 11) is 0. The van der Waals surface area contributed by atoms with Crippen molar-refractivity contribution in [1.82, 2.24) is 0 Å². The Morgan fingerprint density at radius 3 is 1.31 bits per heavy atom. The van der Waals surface area contributed by atoms with Crippen LogP contribution in [0.2, 0.25) is 0 Å². The molecular weight excluding hydrogens is 464 g/mol. The number of carboxylic acid groups (broad SMARTS) is 1. The van der Waals surface area contributed by atoms with Crippen molar-refractivity contribution in [3.05, 3.63) is 113 Å². The normalized spacial score (nSPS) is 10.6. The maximum Gasteiger partial charge on any atom is 0.416 e. The highest BCUT2D eigenvalue weighted by Crippen LogP contribution is 2.37. The number of rotatable bonds is 5. The Morgan fingerprint density at radius 1 is 0.594 bits per heavy atom. The lowest BCUT2D eigenvalue weighted by molar-refractivity contribution is 0.205. The summed E-state index contributed by atoms with van der Waals surface area (Å²) in [6.45, 7) is 4.04. The quantitative estimate of drug-likeness (QED) is 0.308. The Kier molecular flexibility index (Phi) is 6.28. The fraction of sp³-hybridized carbons (Fsp3) is 0.0741. The highest BCUT2D eigenvalue weighted by Gasteiger charge is 2.18. The van der Waals surface area contributed by atoms with Crippen LogP contribution in [0.5, 0.6) is 0 Å². The van der Waals surface area contributed by atoms with Crippen LogP contribution in [0.1, 0.15) is 11.1 Å². The number of benzene rings is 4. The van der Waals surface area contributed by atoms with E-state index in [-0.39, 0.29) is 0 Å². The van der Waals surface area contributed by atoms with Gasteiger partial charge in [-0.2, -0.15) is 0 Å². The van der Waals surface area contributed by atoms with Crippen LogP contribution in [0.15, 0.2) is 102 Å². The summed E-state index contributed by atoms with van der Waals surface area (Å²) in [5, 5.41) is 9.85. The summed E-state index contributed by atoms with van der Waals surface area (Å²) in [5.74, 6) is 0. The summed E-state index contributed by atoms with van der Waals surface area (Å²) in [4.78, 5) is 15.5. The van der Waals surface area contributed by atoms with Crippen molar-refractivity contribution in [1.29, 1.82) is 0 Å². The van der Waals surface area contributed by atoms with E-state index < -0.39 is 6.09 Å². The van der Waals surface area contributed by atoms with E-state index in [9.17, 15) is 9.90 Å². The lowest BCUT2D eigenvalue weighted by Gasteiger charge is -2.26. The summed E-state index contributed by atoms with van der Waals surface area (Å²) in [6.07, 6.45) is -1.02. The number of hydrogen-bond acceptors (Lipinski definition) is 2. The first kappa shape index (κ1) is 21.7. The van der Waals surface area contributed by atoms with Gasteiger partial charge in [0.2, 0.25) is 0 Å². The van der Waals surface area contributed by atoms with E-state index in [4.69, 9.17) is 0 Å². The molecule has 1 amide bonds. The second kappa shape index (κ2) is 9.28. The minimum atomic E-state index is -1.02. The topological polar surface area (TPSA) is 43.8 Å². The van der Waals surface area contributed by atoms with Gasteiger partial charge in [-0.3, -0.25) is 0 Å². The number of hydrogen-bond donors (Lipinski definition) is 1. The minimum absolute atomic E-state index is 0.588. The molecule has 0 saturated carbocycles. The van der Waals surface area contributed by atoms with Gasteiger partial charge in [-0.05, 0) is 86.6 Å². The number of anilines is 5.